The van der Waals surface area contributed by atoms with E-state index in [2.05, 4.69) is 4.98 Å². The van der Waals surface area contributed by atoms with Crippen molar-refractivity contribution in [2.45, 2.75) is 17.9 Å². The number of rotatable bonds is 4. The minimum absolute atomic E-state index is 0.141. The summed E-state index contributed by atoms with van der Waals surface area (Å²) in [6.45, 7) is 1.85. The van der Waals surface area contributed by atoms with Gasteiger partial charge in [-0.1, -0.05) is 17.7 Å². The Morgan fingerprint density at radius 1 is 1.37 bits per heavy atom. The molecule has 4 nitrogen and oxygen atoms in total. The molecule has 0 spiro atoms. The summed E-state index contributed by atoms with van der Waals surface area (Å²) in [5.41, 5.74) is 0. The van der Waals surface area contributed by atoms with E-state index in [0.29, 0.717) is 0 Å². The first-order valence-electron chi connectivity index (χ1n) is 5.56. The summed E-state index contributed by atoms with van der Waals surface area (Å²) in [6, 6.07) is 6.53. The van der Waals surface area contributed by atoms with Crippen molar-refractivity contribution in [1.82, 2.24) is 9.29 Å². The molecular weight excluding hydrogens is 304 g/mol. The van der Waals surface area contributed by atoms with E-state index in [0.717, 1.165) is 4.88 Å². The van der Waals surface area contributed by atoms with E-state index in [1.807, 2.05) is 24.4 Å². The molecular formula is C12H13ClN2O2S2. The molecule has 0 saturated carbocycles. The Bertz CT molecular complexity index is 639. The minimum atomic E-state index is -3.56. The van der Waals surface area contributed by atoms with Crippen LogP contribution in [-0.2, 0) is 10.0 Å². The SMILES string of the molecule is CC(c1cccs1)N(C)S(=O)(=O)c1ccc(Cl)nc1. The van der Waals surface area contributed by atoms with Crippen molar-refractivity contribution in [2.75, 3.05) is 7.05 Å². The Balaban J connectivity index is 2.31. The van der Waals surface area contributed by atoms with Gasteiger partial charge in [0.1, 0.15) is 10.0 Å². The van der Waals surface area contributed by atoms with Gasteiger partial charge in [-0.3, -0.25) is 0 Å². The van der Waals surface area contributed by atoms with Crippen LogP contribution in [0.5, 0.6) is 0 Å². The maximum Gasteiger partial charge on any atom is 0.244 e. The quantitative estimate of drug-likeness (QED) is 0.814. The lowest BCUT2D eigenvalue weighted by molar-refractivity contribution is 0.402. The van der Waals surface area contributed by atoms with Gasteiger partial charge in [0.25, 0.3) is 0 Å². The third-order valence-corrected chi connectivity index (χ3v) is 6.06. The van der Waals surface area contributed by atoms with Gasteiger partial charge in [0.2, 0.25) is 10.0 Å². The van der Waals surface area contributed by atoms with Gasteiger partial charge in [0, 0.05) is 18.1 Å². The molecule has 0 amide bonds. The van der Waals surface area contributed by atoms with E-state index >= 15 is 0 Å². The fourth-order valence-corrected chi connectivity index (χ4v) is 3.89. The van der Waals surface area contributed by atoms with Crippen molar-refractivity contribution in [2.24, 2.45) is 0 Å². The Hall–Kier alpha value is -0.950. The van der Waals surface area contributed by atoms with E-state index in [4.69, 9.17) is 11.6 Å². The second-order valence-corrected chi connectivity index (χ2v) is 7.39. The first-order chi connectivity index (χ1) is 8.93. The first kappa shape index (κ1) is 14.5. The summed E-state index contributed by atoms with van der Waals surface area (Å²) < 4.78 is 26.2. The lowest BCUT2D eigenvalue weighted by Crippen LogP contribution is -2.29. The average molecular weight is 317 g/mol. The van der Waals surface area contributed by atoms with Gasteiger partial charge >= 0.3 is 0 Å². The second kappa shape index (κ2) is 5.58. The van der Waals surface area contributed by atoms with Crippen molar-refractivity contribution in [3.05, 3.63) is 45.9 Å². The largest absolute Gasteiger partial charge is 0.244 e. The Labute approximate surface area is 121 Å². The van der Waals surface area contributed by atoms with E-state index in [1.165, 1.54) is 34.0 Å². The van der Waals surface area contributed by atoms with Crippen LogP contribution in [0.2, 0.25) is 5.15 Å². The van der Waals surface area contributed by atoms with Crippen LogP contribution in [0.4, 0.5) is 0 Å². The number of nitrogens with zero attached hydrogens (tertiary/aromatic N) is 2. The normalized spacial score (nSPS) is 13.7. The lowest BCUT2D eigenvalue weighted by Gasteiger charge is -2.23. The fraction of sp³-hybridized carbons (Fsp3) is 0.250. The molecule has 0 aliphatic heterocycles. The number of thiophene rings is 1. The number of hydrogen-bond donors (Lipinski definition) is 0. The topological polar surface area (TPSA) is 50.3 Å². The van der Waals surface area contributed by atoms with Crippen molar-refractivity contribution in [1.29, 1.82) is 0 Å². The summed E-state index contributed by atoms with van der Waals surface area (Å²) in [7, 11) is -2.00. The molecule has 0 aliphatic carbocycles. The molecule has 2 rings (SSSR count). The van der Waals surface area contributed by atoms with Gasteiger partial charge in [-0.2, -0.15) is 4.31 Å². The molecule has 2 aromatic heterocycles. The molecule has 2 aromatic rings. The molecule has 1 atom stereocenters. The van der Waals surface area contributed by atoms with Crippen molar-refractivity contribution in [3.63, 3.8) is 0 Å². The maximum atomic E-state index is 12.4. The fourth-order valence-electron chi connectivity index (χ4n) is 1.60. The number of halogens is 1. The predicted molar refractivity (Wildman–Crippen MR) is 76.9 cm³/mol. The van der Waals surface area contributed by atoms with Crippen LogP contribution < -0.4 is 0 Å². The molecule has 2 heterocycles. The van der Waals surface area contributed by atoms with Gasteiger partial charge in [-0.25, -0.2) is 13.4 Å². The molecule has 0 radical (unpaired) electrons. The predicted octanol–water partition coefficient (Wildman–Crippen LogP) is 3.18. The molecule has 1 unspecified atom stereocenters. The van der Waals surface area contributed by atoms with E-state index in [1.54, 1.807) is 7.05 Å². The van der Waals surface area contributed by atoms with Crippen LogP contribution in [0.3, 0.4) is 0 Å². The van der Waals surface area contributed by atoms with Gasteiger partial charge in [0.05, 0.1) is 6.04 Å². The van der Waals surface area contributed by atoms with Gasteiger partial charge in [-0.15, -0.1) is 11.3 Å². The monoisotopic (exact) mass is 316 g/mol. The van der Waals surface area contributed by atoms with Crippen molar-refractivity contribution >= 4 is 33.0 Å². The van der Waals surface area contributed by atoms with E-state index in [-0.39, 0.29) is 16.1 Å². The Kier molecular flexibility index (Phi) is 4.25. The van der Waals surface area contributed by atoms with Crippen molar-refractivity contribution in [3.8, 4) is 0 Å². The summed E-state index contributed by atoms with van der Waals surface area (Å²) in [4.78, 5) is 4.95. The van der Waals surface area contributed by atoms with Crippen LogP contribution in [-0.4, -0.2) is 24.8 Å². The molecule has 0 aliphatic rings. The molecule has 0 N–H and O–H groups in total. The summed E-state index contributed by atoms with van der Waals surface area (Å²) >= 11 is 7.20. The molecule has 0 bridgehead atoms. The highest BCUT2D eigenvalue weighted by Gasteiger charge is 2.26. The van der Waals surface area contributed by atoms with Crippen LogP contribution in [0.1, 0.15) is 17.8 Å². The first-order valence-corrected chi connectivity index (χ1v) is 8.25. The third-order valence-electron chi connectivity index (χ3n) is 2.88. The maximum absolute atomic E-state index is 12.4. The van der Waals surface area contributed by atoms with Crippen LogP contribution >= 0.6 is 22.9 Å². The standard InChI is InChI=1S/C12H13ClN2O2S2/c1-9(11-4-3-7-18-11)15(2)19(16,17)10-5-6-12(13)14-8-10/h3-9H,1-2H3. The summed E-state index contributed by atoms with van der Waals surface area (Å²) in [5, 5.41) is 2.20. The molecule has 102 valence electrons. The zero-order valence-corrected chi connectivity index (χ0v) is 12.8. The lowest BCUT2D eigenvalue weighted by atomic mass is 10.3. The Morgan fingerprint density at radius 3 is 2.63 bits per heavy atom. The highest BCUT2D eigenvalue weighted by Crippen LogP contribution is 2.28. The van der Waals surface area contributed by atoms with Gasteiger partial charge in [-0.05, 0) is 30.5 Å². The molecule has 7 heteroatoms. The summed E-state index contributed by atoms with van der Waals surface area (Å²) in [6.07, 6.45) is 1.27. The average Bonchev–Trinajstić information content (AvgIpc) is 2.91. The number of sulfonamides is 1. The van der Waals surface area contributed by atoms with Crippen LogP contribution in [0, 0.1) is 0 Å². The zero-order chi connectivity index (χ0) is 14.0. The van der Waals surface area contributed by atoms with E-state index < -0.39 is 10.0 Å². The third kappa shape index (κ3) is 2.97. The van der Waals surface area contributed by atoms with E-state index in [9.17, 15) is 8.42 Å². The Morgan fingerprint density at radius 2 is 2.11 bits per heavy atom. The van der Waals surface area contributed by atoms with Crippen molar-refractivity contribution < 1.29 is 8.42 Å². The van der Waals surface area contributed by atoms with Crippen LogP contribution in [0.25, 0.3) is 0 Å². The smallest absolute Gasteiger partial charge is 0.243 e. The number of aromatic nitrogens is 1. The molecule has 19 heavy (non-hydrogen) atoms. The van der Waals surface area contributed by atoms with Gasteiger partial charge in [0.15, 0.2) is 0 Å². The highest BCUT2D eigenvalue weighted by molar-refractivity contribution is 7.89. The second-order valence-electron chi connectivity index (χ2n) is 4.03. The molecule has 0 aromatic carbocycles. The minimum Gasteiger partial charge on any atom is -0.243 e. The number of hydrogen-bond acceptors (Lipinski definition) is 4. The zero-order valence-electron chi connectivity index (χ0n) is 10.4. The molecule has 0 fully saturated rings. The van der Waals surface area contributed by atoms with Crippen LogP contribution in [0.15, 0.2) is 40.7 Å². The highest BCUT2D eigenvalue weighted by atomic mass is 35.5. The van der Waals surface area contributed by atoms with Gasteiger partial charge < -0.3 is 0 Å². The molecule has 0 saturated heterocycles. The number of pyridine rings is 1. The summed E-state index contributed by atoms with van der Waals surface area (Å²) in [5.74, 6) is 0.